The number of aromatic nitrogens is 2. The zero-order chi connectivity index (χ0) is 19.5. The van der Waals surface area contributed by atoms with Gasteiger partial charge in [-0.3, -0.25) is 0 Å². The van der Waals surface area contributed by atoms with Gasteiger partial charge in [-0.15, -0.1) is 0 Å². The number of rotatable bonds is 4. The predicted octanol–water partition coefficient (Wildman–Crippen LogP) is 4.22. The molecule has 0 saturated heterocycles. The molecule has 4 rings (SSSR count). The Labute approximate surface area is 163 Å². The van der Waals surface area contributed by atoms with Crippen molar-refractivity contribution in [2.75, 3.05) is 13.2 Å². The number of nitrogens with one attached hydrogen (secondary N) is 1. The summed E-state index contributed by atoms with van der Waals surface area (Å²) in [5.41, 5.74) is 3.01. The average Bonchev–Trinajstić information content (AvgIpc) is 3.07. The Balaban J connectivity index is 1.63. The molecule has 0 atom stereocenters. The van der Waals surface area contributed by atoms with Gasteiger partial charge in [0.2, 0.25) is 11.5 Å². The van der Waals surface area contributed by atoms with Gasteiger partial charge in [-0.25, -0.2) is 4.85 Å². The van der Waals surface area contributed by atoms with Gasteiger partial charge in [0, 0.05) is 29.8 Å². The minimum absolute atomic E-state index is 0.00742. The molecule has 2 heterocycles. The van der Waals surface area contributed by atoms with E-state index in [2.05, 4.69) is 20.3 Å². The molecule has 1 aromatic heterocycles. The van der Waals surface area contributed by atoms with Crippen LogP contribution >= 0.6 is 0 Å². The summed E-state index contributed by atoms with van der Waals surface area (Å²) >= 11 is 0. The van der Waals surface area contributed by atoms with Crippen molar-refractivity contribution in [3.63, 3.8) is 0 Å². The van der Waals surface area contributed by atoms with Crippen molar-refractivity contribution >= 4 is 5.69 Å². The van der Waals surface area contributed by atoms with E-state index in [0.29, 0.717) is 35.3 Å². The van der Waals surface area contributed by atoms with E-state index >= 15 is 0 Å². The minimum atomic E-state index is -0.00742. The Morgan fingerprint density at radius 3 is 2.86 bits per heavy atom. The molecule has 28 heavy (non-hydrogen) atoms. The molecule has 2 aromatic carbocycles. The molecule has 0 fully saturated rings. The summed E-state index contributed by atoms with van der Waals surface area (Å²) in [6.45, 7) is 13.5. The van der Waals surface area contributed by atoms with E-state index < -0.39 is 0 Å². The van der Waals surface area contributed by atoms with E-state index in [1.54, 1.807) is 12.1 Å². The third-order valence-electron chi connectivity index (χ3n) is 4.29. The van der Waals surface area contributed by atoms with Gasteiger partial charge in [0.25, 0.3) is 5.89 Å². The second kappa shape index (κ2) is 7.71. The third-order valence-corrected chi connectivity index (χ3v) is 4.29. The maximum absolute atomic E-state index is 7.39. The van der Waals surface area contributed by atoms with Crippen LogP contribution in [0.5, 0.6) is 11.5 Å². The first-order valence-electron chi connectivity index (χ1n) is 9.13. The molecule has 142 valence electrons. The molecule has 1 N–H and O–H groups in total. The van der Waals surface area contributed by atoms with Crippen LogP contribution in [0, 0.1) is 6.57 Å². The van der Waals surface area contributed by atoms with Crippen LogP contribution in [0.2, 0.25) is 0 Å². The normalized spacial score (nSPS) is 13.4. The zero-order valence-corrected chi connectivity index (χ0v) is 15.7. The summed E-state index contributed by atoms with van der Waals surface area (Å²) in [5.74, 6) is 2.21. The molecular weight excluding hydrogens is 356 g/mol. The average molecular weight is 376 g/mol. The monoisotopic (exact) mass is 376 g/mol. The van der Waals surface area contributed by atoms with Crippen molar-refractivity contribution in [2.45, 2.75) is 26.5 Å². The largest absolute Gasteiger partial charge is 0.502 e. The van der Waals surface area contributed by atoms with Crippen molar-refractivity contribution in [1.82, 2.24) is 15.5 Å². The lowest BCUT2D eigenvalue weighted by Gasteiger charge is -2.11. The Morgan fingerprint density at radius 1 is 1.18 bits per heavy atom. The van der Waals surface area contributed by atoms with Crippen LogP contribution < -0.4 is 14.8 Å². The summed E-state index contributed by atoms with van der Waals surface area (Å²) in [5, 5.41) is 7.40. The number of benzene rings is 2. The maximum Gasteiger partial charge on any atom is 0.256 e. The lowest BCUT2D eigenvalue weighted by Crippen LogP contribution is -2.16. The number of nitrogens with zero attached hydrogens (tertiary/aromatic N) is 3. The third kappa shape index (κ3) is 3.68. The van der Waals surface area contributed by atoms with Crippen LogP contribution in [-0.2, 0) is 6.54 Å². The standard InChI is InChI=1S/C21H20N4O3/c1-13(2)27-18-7-6-15(10-17(18)22-3)21-24-20(25-28-21)14-4-5-16-12-23-8-9-26-19(16)11-14/h4-7,10-11,13,23H,8-9,12H2,1-2H3. The highest BCUT2D eigenvalue weighted by Gasteiger charge is 2.16. The first-order valence-corrected chi connectivity index (χ1v) is 9.13. The molecule has 0 bridgehead atoms. The SMILES string of the molecule is [C-]#[N+]c1cc(-c2nc(-c3ccc4c(c3)OCCNC4)no2)ccc1OC(C)C. The van der Waals surface area contributed by atoms with Gasteiger partial charge in [0.15, 0.2) is 0 Å². The molecule has 1 aliphatic heterocycles. The van der Waals surface area contributed by atoms with Crippen LogP contribution in [0.1, 0.15) is 19.4 Å². The zero-order valence-electron chi connectivity index (χ0n) is 15.7. The molecule has 0 radical (unpaired) electrons. The van der Waals surface area contributed by atoms with Crippen molar-refractivity contribution in [2.24, 2.45) is 0 Å². The van der Waals surface area contributed by atoms with E-state index in [0.717, 1.165) is 30.0 Å². The van der Waals surface area contributed by atoms with Crippen molar-refractivity contribution < 1.29 is 14.0 Å². The first-order chi connectivity index (χ1) is 13.6. The van der Waals surface area contributed by atoms with Crippen molar-refractivity contribution in [3.05, 3.63) is 53.4 Å². The van der Waals surface area contributed by atoms with Crippen LogP contribution in [-0.4, -0.2) is 29.4 Å². The predicted molar refractivity (Wildman–Crippen MR) is 104 cm³/mol. The topological polar surface area (TPSA) is 73.8 Å². The number of hydrogen-bond acceptors (Lipinski definition) is 6. The van der Waals surface area contributed by atoms with Crippen LogP contribution in [0.25, 0.3) is 27.7 Å². The fourth-order valence-electron chi connectivity index (χ4n) is 2.98. The van der Waals surface area contributed by atoms with Gasteiger partial charge in [-0.1, -0.05) is 17.3 Å². The highest BCUT2D eigenvalue weighted by Crippen LogP contribution is 2.34. The second-order valence-electron chi connectivity index (χ2n) is 6.73. The molecule has 0 unspecified atom stereocenters. The molecule has 0 saturated carbocycles. The summed E-state index contributed by atoms with van der Waals surface area (Å²) in [6.07, 6.45) is -0.00742. The maximum atomic E-state index is 7.39. The summed E-state index contributed by atoms with van der Waals surface area (Å²) in [6, 6.07) is 11.2. The van der Waals surface area contributed by atoms with E-state index in [-0.39, 0.29) is 6.10 Å². The van der Waals surface area contributed by atoms with E-state index in [9.17, 15) is 0 Å². The van der Waals surface area contributed by atoms with Crippen LogP contribution in [0.4, 0.5) is 5.69 Å². The van der Waals surface area contributed by atoms with Crippen molar-refractivity contribution in [1.29, 1.82) is 0 Å². The Hall–Kier alpha value is -3.37. The smallest absolute Gasteiger partial charge is 0.256 e. The number of fused-ring (bicyclic) bond motifs is 1. The van der Waals surface area contributed by atoms with Gasteiger partial charge in [-0.2, -0.15) is 4.98 Å². The quantitative estimate of drug-likeness (QED) is 0.687. The van der Waals surface area contributed by atoms with E-state index in [4.69, 9.17) is 20.6 Å². The van der Waals surface area contributed by atoms with Crippen molar-refractivity contribution in [3.8, 4) is 34.3 Å². The molecule has 0 amide bonds. The van der Waals surface area contributed by atoms with Gasteiger partial charge in [0.05, 0.1) is 12.7 Å². The molecule has 0 aliphatic carbocycles. The van der Waals surface area contributed by atoms with Gasteiger partial charge >= 0.3 is 0 Å². The minimum Gasteiger partial charge on any atom is -0.502 e. The Morgan fingerprint density at radius 2 is 2.04 bits per heavy atom. The van der Waals surface area contributed by atoms with Gasteiger partial charge in [0.1, 0.15) is 18.1 Å². The fraction of sp³-hybridized carbons (Fsp3) is 0.286. The molecule has 7 nitrogen and oxygen atoms in total. The van der Waals surface area contributed by atoms with Gasteiger partial charge < -0.3 is 19.3 Å². The number of hydrogen-bond donors (Lipinski definition) is 1. The molecular formula is C21H20N4O3. The summed E-state index contributed by atoms with van der Waals surface area (Å²) in [4.78, 5) is 8.04. The molecule has 1 aliphatic rings. The molecule has 0 spiro atoms. The Kier molecular flexibility index (Phi) is 4.96. The first kappa shape index (κ1) is 18.0. The Bertz CT molecular complexity index is 1040. The highest BCUT2D eigenvalue weighted by atomic mass is 16.5. The number of ether oxygens (including phenoxy) is 2. The molecule has 7 heteroatoms. The summed E-state index contributed by atoms with van der Waals surface area (Å²) in [7, 11) is 0. The highest BCUT2D eigenvalue weighted by molar-refractivity contribution is 5.69. The lowest BCUT2D eigenvalue weighted by molar-refractivity contribution is 0.244. The van der Waals surface area contributed by atoms with E-state index in [1.165, 1.54) is 0 Å². The van der Waals surface area contributed by atoms with Gasteiger partial charge in [-0.05, 0) is 38.1 Å². The van der Waals surface area contributed by atoms with E-state index in [1.807, 2.05) is 38.1 Å². The molecule has 3 aromatic rings. The lowest BCUT2D eigenvalue weighted by atomic mass is 10.1. The second-order valence-corrected chi connectivity index (χ2v) is 6.73. The fourth-order valence-corrected chi connectivity index (χ4v) is 2.98. The van der Waals surface area contributed by atoms with Crippen LogP contribution in [0.15, 0.2) is 40.9 Å². The summed E-state index contributed by atoms with van der Waals surface area (Å²) < 4.78 is 16.9. The van der Waals surface area contributed by atoms with Crippen LogP contribution in [0.3, 0.4) is 0 Å².